The summed E-state index contributed by atoms with van der Waals surface area (Å²) in [6.45, 7) is 9.00. The van der Waals surface area contributed by atoms with Crippen LogP contribution in [0.1, 0.15) is 53.6 Å². The number of nitrogens with zero attached hydrogens (tertiary/aromatic N) is 2. The molecule has 0 aliphatic carbocycles. The largest absolute Gasteiger partial charge is 2.00 e. The Morgan fingerprint density at radius 3 is 2.43 bits per heavy atom. The van der Waals surface area contributed by atoms with E-state index in [4.69, 9.17) is 20.2 Å². The van der Waals surface area contributed by atoms with Gasteiger partial charge in [-0.1, -0.05) is 30.3 Å². The van der Waals surface area contributed by atoms with Crippen molar-refractivity contribution in [1.82, 2.24) is 4.90 Å². The van der Waals surface area contributed by atoms with E-state index in [1.165, 1.54) is 50.4 Å². The summed E-state index contributed by atoms with van der Waals surface area (Å²) in [4.78, 5) is 7.19. The number of benzene rings is 3. The van der Waals surface area contributed by atoms with E-state index in [1.807, 2.05) is 36.4 Å². The first-order valence-electron chi connectivity index (χ1n) is 13.8. The SMILES string of the molecule is NC(=N[C@H](c1c[c-]ccc1)c1ccccc1)O[C@H]1CN2CCC1CC2.[CH2-]c1ccc(/C=C/OCC)c(C(F)(F)F)c1.[U+2]. The minimum Gasteiger partial charge on any atom is -0.501 e. The van der Waals surface area contributed by atoms with Gasteiger partial charge in [-0.25, -0.2) is 4.99 Å². The molecule has 6 rings (SSSR count). The maximum atomic E-state index is 12.6. The zero-order valence-electron chi connectivity index (χ0n) is 23.7. The predicted molar refractivity (Wildman–Crippen MR) is 156 cm³/mol. The molecular weight excluding hydrogens is 765 g/mol. The van der Waals surface area contributed by atoms with Crippen molar-refractivity contribution in [2.75, 3.05) is 26.2 Å². The number of hydrogen-bond donors (Lipinski definition) is 1. The number of hydrogen-bond acceptors (Lipinski definition) is 4. The summed E-state index contributed by atoms with van der Waals surface area (Å²) < 4.78 is 48.9. The van der Waals surface area contributed by atoms with Crippen LogP contribution in [-0.4, -0.2) is 43.3 Å². The van der Waals surface area contributed by atoms with Crippen LogP contribution in [0, 0.1) is 50.0 Å². The predicted octanol–water partition coefficient (Wildman–Crippen LogP) is 6.90. The summed E-state index contributed by atoms with van der Waals surface area (Å²) in [5.41, 5.74) is 8.09. The van der Waals surface area contributed by atoms with Gasteiger partial charge >= 0.3 is 37.3 Å². The van der Waals surface area contributed by atoms with Crippen LogP contribution in [0.15, 0.2) is 84.1 Å². The number of piperidine rings is 3. The van der Waals surface area contributed by atoms with Crippen LogP contribution < -0.4 is 5.73 Å². The number of nitrogens with two attached hydrogens (primary N) is 1. The average molecular weight is 802 g/mol. The Morgan fingerprint density at radius 2 is 1.83 bits per heavy atom. The van der Waals surface area contributed by atoms with Crippen molar-refractivity contribution in [1.29, 1.82) is 0 Å². The molecule has 9 heteroatoms. The molecule has 3 heterocycles. The molecule has 220 valence electrons. The molecule has 0 spiro atoms. The Hall–Kier alpha value is -2.86. The fourth-order valence-corrected chi connectivity index (χ4v) is 5.12. The van der Waals surface area contributed by atoms with Gasteiger partial charge in [-0.2, -0.15) is 68.1 Å². The van der Waals surface area contributed by atoms with Crippen LogP contribution in [0.5, 0.6) is 0 Å². The van der Waals surface area contributed by atoms with Gasteiger partial charge in [-0.05, 0) is 56.0 Å². The maximum absolute atomic E-state index is 12.6. The summed E-state index contributed by atoms with van der Waals surface area (Å²) >= 11 is 0. The zero-order chi connectivity index (χ0) is 29.2. The quantitative estimate of drug-likeness (QED) is 0.122. The normalized spacial score (nSPS) is 20.7. The third-order valence-electron chi connectivity index (χ3n) is 7.22. The molecule has 2 atom stereocenters. The van der Waals surface area contributed by atoms with Crippen LogP contribution >= 0.6 is 0 Å². The summed E-state index contributed by atoms with van der Waals surface area (Å²) in [5.74, 6) is 0.610. The van der Waals surface area contributed by atoms with Gasteiger partial charge in [0.15, 0.2) is 0 Å². The summed E-state index contributed by atoms with van der Waals surface area (Å²) in [6, 6.07) is 25.3. The molecule has 3 fully saturated rings. The van der Waals surface area contributed by atoms with E-state index in [0.717, 1.165) is 23.7 Å². The third kappa shape index (κ3) is 9.59. The van der Waals surface area contributed by atoms with Crippen molar-refractivity contribution < 1.29 is 53.8 Å². The molecule has 2 bridgehead atoms. The van der Waals surface area contributed by atoms with Crippen molar-refractivity contribution in [2.24, 2.45) is 16.6 Å². The van der Waals surface area contributed by atoms with Crippen molar-refractivity contribution >= 4 is 12.1 Å². The number of halogens is 3. The van der Waals surface area contributed by atoms with Gasteiger partial charge in [0.25, 0.3) is 6.02 Å². The number of amidine groups is 1. The Bertz CT molecular complexity index is 1260. The second-order valence-corrected chi connectivity index (χ2v) is 10.1. The van der Waals surface area contributed by atoms with Crippen molar-refractivity contribution in [3.8, 4) is 0 Å². The van der Waals surface area contributed by atoms with Crippen LogP contribution in [0.4, 0.5) is 13.2 Å². The molecule has 0 unspecified atom stereocenters. The van der Waals surface area contributed by atoms with Gasteiger partial charge in [-0.3, -0.25) is 4.90 Å². The molecule has 42 heavy (non-hydrogen) atoms. The van der Waals surface area contributed by atoms with E-state index in [0.29, 0.717) is 18.1 Å². The Kier molecular flexibility index (Phi) is 12.9. The molecule has 3 aliphatic heterocycles. The molecule has 3 saturated heterocycles. The van der Waals surface area contributed by atoms with Crippen molar-refractivity contribution in [3.63, 3.8) is 0 Å². The van der Waals surface area contributed by atoms with E-state index in [9.17, 15) is 13.2 Å². The number of ether oxygens (including phenoxy) is 2. The van der Waals surface area contributed by atoms with E-state index in [2.05, 4.69) is 36.1 Å². The fourth-order valence-electron chi connectivity index (χ4n) is 5.12. The Labute approximate surface area is 270 Å². The summed E-state index contributed by atoms with van der Waals surface area (Å²) in [5, 5.41) is 0. The van der Waals surface area contributed by atoms with Crippen molar-refractivity contribution in [3.05, 3.63) is 120 Å². The number of aliphatic imine (C=N–C) groups is 1. The Balaban J connectivity index is 0.000000249. The second kappa shape index (κ2) is 16.1. The second-order valence-electron chi connectivity index (χ2n) is 10.1. The van der Waals surface area contributed by atoms with E-state index >= 15 is 0 Å². The van der Waals surface area contributed by atoms with Crippen LogP contribution in [-0.2, 0) is 15.7 Å². The van der Waals surface area contributed by atoms with Gasteiger partial charge in [0.2, 0.25) is 0 Å². The van der Waals surface area contributed by atoms with Crippen LogP contribution in [0.3, 0.4) is 0 Å². The van der Waals surface area contributed by atoms with Crippen LogP contribution in [0.2, 0.25) is 0 Å². The smallest absolute Gasteiger partial charge is 0.501 e. The molecule has 3 aromatic rings. The van der Waals surface area contributed by atoms with E-state index in [-0.39, 0.29) is 54.8 Å². The monoisotopic (exact) mass is 801 g/mol. The summed E-state index contributed by atoms with van der Waals surface area (Å²) in [6.07, 6.45) is 0.755. The molecule has 0 saturated carbocycles. The zero-order valence-corrected chi connectivity index (χ0v) is 27.9. The van der Waals surface area contributed by atoms with Gasteiger partial charge in [0.05, 0.1) is 18.9 Å². The first kappa shape index (κ1) is 33.6. The molecule has 3 aromatic carbocycles. The molecular formula is C33H36F3N3O2U. The maximum Gasteiger partial charge on any atom is 2.00 e. The van der Waals surface area contributed by atoms with Crippen molar-refractivity contribution in [2.45, 2.75) is 38.1 Å². The number of rotatable bonds is 7. The van der Waals surface area contributed by atoms with Gasteiger partial charge < -0.3 is 15.2 Å². The first-order valence-corrected chi connectivity index (χ1v) is 13.8. The average Bonchev–Trinajstić information content (AvgIpc) is 2.98. The van der Waals surface area contributed by atoms with Gasteiger partial charge in [0, 0.05) is 12.1 Å². The Morgan fingerprint density at radius 1 is 1.12 bits per heavy atom. The first-order chi connectivity index (χ1) is 19.7. The minimum atomic E-state index is -4.38. The van der Waals surface area contributed by atoms with Gasteiger partial charge in [0.1, 0.15) is 6.10 Å². The van der Waals surface area contributed by atoms with E-state index in [1.54, 1.807) is 6.92 Å². The topological polar surface area (TPSA) is 60.1 Å². The summed E-state index contributed by atoms with van der Waals surface area (Å²) in [7, 11) is 0. The molecule has 5 nitrogen and oxygen atoms in total. The molecule has 2 N–H and O–H groups in total. The fraction of sp³-hybridized carbons (Fsp3) is 0.333. The number of alkyl halides is 3. The molecule has 0 aromatic heterocycles. The molecule has 3 aliphatic rings. The van der Waals surface area contributed by atoms with E-state index < -0.39 is 11.7 Å². The number of fused-ring (bicyclic) bond motifs is 3. The molecule has 0 amide bonds. The molecule has 0 radical (unpaired) electrons. The minimum absolute atomic E-state index is 0. The standard InChI is InChI=1S/C21H24N3O.C12H12F3O.U/c22-21(25-19-15-24-13-11-16(19)12-14-24)23-20(17-7-3-1-4-8-17)18-9-5-2-6-10-18;1-3-16-7-6-10-5-4-9(2)8-11(10)12(13,14)15;/h1-5,7-10,16,19-20H,11-15H2,(H2,22,23);4-8H,2-3H2,1H3;/q2*-1;+2/b;7-6+;/t19-,20-;;/m0../s1. The van der Waals surface area contributed by atoms with Gasteiger partial charge in [-0.15, -0.1) is 11.6 Å². The third-order valence-corrected chi connectivity index (χ3v) is 7.22. The van der Waals surface area contributed by atoms with Crippen LogP contribution in [0.25, 0.3) is 6.08 Å².